The third-order valence-electron chi connectivity index (χ3n) is 9.19. The predicted molar refractivity (Wildman–Crippen MR) is 207 cm³/mol. The molecule has 0 spiro atoms. The molecular formula is C42H66Ar4P2. The number of rotatable bonds is 1. The Labute approximate surface area is 422 Å². The van der Waals surface area contributed by atoms with Crippen molar-refractivity contribution in [2.45, 2.75) is 144 Å². The van der Waals surface area contributed by atoms with E-state index in [1.165, 1.54) is 83.0 Å². The molecule has 0 aliphatic heterocycles. The van der Waals surface area contributed by atoms with Crippen molar-refractivity contribution < 1.29 is 151 Å². The first kappa shape index (κ1) is 55.9. The fourth-order valence-corrected chi connectivity index (χ4v) is 8.01. The second-order valence-corrected chi connectivity index (χ2v) is 17.6. The van der Waals surface area contributed by atoms with Gasteiger partial charge < -0.3 is 0 Å². The zero-order valence-corrected chi connectivity index (χ0v) is 37.0. The molecular weight excluding hydrogens is 726 g/mol. The van der Waals surface area contributed by atoms with Gasteiger partial charge in [0.1, 0.15) is 0 Å². The molecule has 6 heteroatoms. The monoisotopic (exact) mass is 792 g/mol. The normalized spacial score (nSPS) is 19.5. The van der Waals surface area contributed by atoms with E-state index in [-0.39, 0.29) is 162 Å². The zero-order chi connectivity index (χ0) is 33.2. The summed E-state index contributed by atoms with van der Waals surface area (Å²) in [6.45, 7) is 26.4. The molecule has 3 aromatic rings. The van der Waals surface area contributed by atoms with Crippen LogP contribution in [0.1, 0.15) is 125 Å². The van der Waals surface area contributed by atoms with E-state index in [1.807, 2.05) is 0 Å². The van der Waals surface area contributed by atoms with E-state index in [0.717, 1.165) is 23.2 Å². The topological polar surface area (TPSA) is 0 Å². The molecule has 0 aromatic heterocycles. The summed E-state index contributed by atoms with van der Waals surface area (Å²) in [6.07, 6.45) is 8.89. The van der Waals surface area contributed by atoms with Gasteiger partial charge in [-0.1, -0.05) is 148 Å². The summed E-state index contributed by atoms with van der Waals surface area (Å²) in [5.41, 5.74) is 13.3. The van der Waals surface area contributed by atoms with Gasteiger partial charge in [0.25, 0.3) is 0 Å². The molecule has 276 valence electrons. The Balaban J connectivity index is -0.000000561. The Hall–Kier alpha value is 3.56. The third-order valence-corrected chi connectivity index (χ3v) is 10.8. The number of hydrogen-bond donors (Lipinski definition) is 0. The SMILES string of the molecule is Cc1cc(C(C)(C)C)cc(C(C)(C)C)c1.Cc1cc(C)cc(C)c1.Cc1ccc(C)cc1.PC1CCCC1C1CCCC1P.[Ar].[Ar].[Ar].[Ar]. The molecule has 2 saturated carbocycles. The Morgan fingerprint density at radius 2 is 0.688 bits per heavy atom. The van der Waals surface area contributed by atoms with Gasteiger partial charge in [-0.3, -0.25) is 0 Å². The van der Waals surface area contributed by atoms with Crippen molar-refractivity contribution in [3.63, 3.8) is 0 Å². The smallest absolute Gasteiger partial charge is 0 e. The van der Waals surface area contributed by atoms with Crippen LogP contribution in [0.15, 0.2) is 60.7 Å². The number of benzene rings is 3. The summed E-state index contributed by atoms with van der Waals surface area (Å²) in [6, 6.07) is 22.0. The van der Waals surface area contributed by atoms with Gasteiger partial charge in [-0.05, 0) is 112 Å². The molecule has 0 bridgehead atoms. The van der Waals surface area contributed by atoms with Crippen molar-refractivity contribution >= 4 is 18.5 Å². The van der Waals surface area contributed by atoms with Crippen molar-refractivity contribution in [2.75, 3.05) is 0 Å². The Bertz CT molecular complexity index is 1170. The minimum atomic E-state index is 0. The van der Waals surface area contributed by atoms with E-state index < -0.39 is 0 Å². The van der Waals surface area contributed by atoms with Gasteiger partial charge in [0.2, 0.25) is 0 Å². The van der Waals surface area contributed by atoms with Gasteiger partial charge in [-0.25, -0.2) is 0 Å². The Morgan fingerprint density at radius 3 is 0.917 bits per heavy atom. The van der Waals surface area contributed by atoms with Crippen molar-refractivity contribution in [1.82, 2.24) is 0 Å². The summed E-state index contributed by atoms with van der Waals surface area (Å²) >= 11 is 0. The molecule has 5 rings (SSSR count). The maximum atomic E-state index is 3.07. The summed E-state index contributed by atoms with van der Waals surface area (Å²) in [5.74, 6) is 2.08. The third kappa shape index (κ3) is 21.6. The maximum absolute atomic E-state index is 3.07. The van der Waals surface area contributed by atoms with Crippen molar-refractivity contribution in [3.05, 3.63) is 105 Å². The molecule has 0 N–H and O–H groups in total. The standard InChI is InChI=1S/C15H24.C10H20P2.C9H12.C8H10.4Ar/c1-11-8-12(14(2,3)4)10-13(9-11)15(5,6)7;11-9-5-1-3-7(9)8-4-2-6-10(8)12;1-7-4-8(2)6-9(3)5-7;1-7-3-5-8(2)6-4-7;;;;/h8-10H,1-7H3;7-10H,1-6,11-12H2;4-6H,1-3H3;3-6H,1-2H3;;;;. The van der Waals surface area contributed by atoms with Gasteiger partial charge in [0.05, 0.1) is 0 Å². The maximum Gasteiger partial charge on any atom is 0 e. The van der Waals surface area contributed by atoms with Crippen LogP contribution < -0.4 is 0 Å². The average molecular weight is 793 g/mol. The molecule has 0 amide bonds. The summed E-state index contributed by atoms with van der Waals surface area (Å²) in [7, 11) is 6.15. The first-order valence-corrected chi connectivity index (χ1v) is 18.4. The molecule has 2 fully saturated rings. The molecule has 2 aliphatic carbocycles. The average Bonchev–Trinajstić information content (AvgIpc) is 3.52. The van der Waals surface area contributed by atoms with Crippen molar-refractivity contribution in [1.29, 1.82) is 0 Å². The molecule has 0 saturated heterocycles. The van der Waals surface area contributed by atoms with E-state index >= 15 is 0 Å². The van der Waals surface area contributed by atoms with Crippen LogP contribution in [-0.4, -0.2) is 11.3 Å². The van der Waals surface area contributed by atoms with Crippen LogP contribution in [0.2, 0.25) is 0 Å². The van der Waals surface area contributed by atoms with Gasteiger partial charge in [0.15, 0.2) is 0 Å². The predicted octanol–water partition coefficient (Wildman–Crippen LogP) is 12.6. The van der Waals surface area contributed by atoms with Crippen molar-refractivity contribution in [2.24, 2.45) is 11.8 Å². The largest absolute Gasteiger partial charge is 0.134 e. The molecule has 6 atom stereocenters. The molecule has 2 aliphatic rings. The van der Waals surface area contributed by atoms with Crippen LogP contribution in [0.3, 0.4) is 0 Å². The first-order valence-electron chi connectivity index (χ1n) is 17.1. The van der Waals surface area contributed by atoms with E-state index in [2.05, 4.69) is 162 Å². The van der Waals surface area contributed by atoms with Crippen LogP contribution >= 0.6 is 18.5 Å². The number of hydrogen-bond acceptors (Lipinski definition) is 0. The summed E-state index contributed by atoms with van der Waals surface area (Å²) in [4.78, 5) is 0. The van der Waals surface area contributed by atoms with Gasteiger partial charge in [-0.15, -0.1) is 18.5 Å². The van der Waals surface area contributed by atoms with Crippen molar-refractivity contribution in [3.8, 4) is 0 Å². The fourth-order valence-electron chi connectivity index (χ4n) is 6.59. The molecule has 3 aromatic carbocycles. The molecule has 0 nitrogen and oxygen atoms in total. The minimum Gasteiger partial charge on any atom is -0.134 e. The number of aryl methyl sites for hydroxylation is 6. The van der Waals surface area contributed by atoms with Crippen LogP contribution in [0.25, 0.3) is 0 Å². The Kier molecular flexibility index (Phi) is 31.7. The van der Waals surface area contributed by atoms with Crippen LogP contribution in [0.5, 0.6) is 0 Å². The second-order valence-electron chi connectivity index (χ2n) is 15.9. The van der Waals surface area contributed by atoms with E-state index in [9.17, 15) is 0 Å². The van der Waals surface area contributed by atoms with Crippen LogP contribution in [0.4, 0.5) is 0 Å². The molecule has 0 radical (unpaired) electrons. The van der Waals surface area contributed by atoms with E-state index in [4.69, 9.17) is 0 Å². The first-order chi connectivity index (χ1) is 20.4. The molecule has 0 heterocycles. The van der Waals surface area contributed by atoms with Crippen LogP contribution in [-0.2, 0) is 10.8 Å². The van der Waals surface area contributed by atoms with Crippen LogP contribution in [0, 0.1) is 204 Å². The second kappa shape index (κ2) is 27.2. The summed E-state index contributed by atoms with van der Waals surface area (Å²) < 4.78 is 0. The minimum absolute atomic E-state index is 0. The quantitative estimate of drug-likeness (QED) is 0.215. The van der Waals surface area contributed by atoms with Gasteiger partial charge in [0, 0.05) is 151 Å². The van der Waals surface area contributed by atoms with E-state index in [1.54, 1.807) is 0 Å². The fraction of sp³-hybridized carbons (Fsp3) is 0.571. The summed E-state index contributed by atoms with van der Waals surface area (Å²) in [5, 5.41) is 0. The van der Waals surface area contributed by atoms with E-state index in [0.29, 0.717) is 0 Å². The Morgan fingerprint density at radius 1 is 0.417 bits per heavy atom. The van der Waals surface area contributed by atoms with Gasteiger partial charge in [-0.2, -0.15) is 0 Å². The zero-order valence-electron chi connectivity index (χ0n) is 31.9. The molecule has 6 unspecified atom stereocenters. The van der Waals surface area contributed by atoms with Gasteiger partial charge >= 0.3 is 0 Å². The molecule has 48 heavy (non-hydrogen) atoms.